The third-order valence-electron chi connectivity index (χ3n) is 3.45. The topological polar surface area (TPSA) is 55.2 Å². The minimum atomic E-state index is -0.336. The fraction of sp³-hybridized carbons (Fsp3) is 0.250. The van der Waals surface area contributed by atoms with Crippen LogP contribution < -0.4 is 5.32 Å². The minimum absolute atomic E-state index is 0.172. The smallest absolute Gasteiger partial charge is 0.272 e. The second kappa shape index (κ2) is 6.83. The molecule has 0 heterocycles. The van der Waals surface area contributed by atoms with Crippen LogP contribution in [0.4, 0.5) is 5.69 Å². The maximum absolute atomic E-state index is 10.9. The summed E-state index contributed by atoms with van der Waals surface area (Å²) in [5.41, 5.74) is 2.95. The first-order chi connectivity index (χ1) is 9.97. The number of nitrogens with one attached hydrogen (secondary N) is 1. The Morgan fingerprint density at radius 3 is 2.52 bits per heavy atom. The Bertz CT molecular complexity index is 641. The molecule has 2 rings (SSSR count). The van der Waals surface area contributed by atoms with Crippen molar-refractivity contribution in [1.29, 1.82) is 0 Å². The van der Waals surface area contributed by atoms with E-state index in [1.165, 1.54) is 5.56 Å². The number of aryl methyl sites for hydroxylation is 1. The van der Waals surface area contributed by atoms with Crippen molar-refractivity contribution in [3.63, 3.8) is 0 Å². The lowest BCUT2D eigenvalue weighted by Gasteiger charge is -2.14. The van der Waals surface area contributed by atoms with Gasteiger partial charge in [0.2, 0.25) is 0 Å². The number of benzene rings is 2. The summed E-state index contributed by atoms with van der Waals surface area (Å²) in [6, 6.07) is 13.6. The van der Waals surface area contributed by atoms with Crippen molar-refractivity contribution in [2.75, 3.05) is 0 Å². The Morgan fingerprint density at radius 1 is 1.24 bits per heavy atom. The van der Waals surface area contributed by atoms with E-state index in [4.69, 9.17) is 0 Å². The first-order valence-corrected chi connectivity index (χ1v) is 7.49. The first-order valence-electron chi connectivity index (χ1n) is 6.70. The molecule has 0 aliphatic carbocycles. The van der Waals surface area contributed by atoms with Gasteiger partial charge in [-0.3, -0.25) is 10.1 Å². The molecule has 0 saturated heterocycles. The number of hydrogen-bond acceptors (Lipinski definition) is 3. The van der Waals surface area contributed by atoms with Crippen molar-refractivity contribution < 1.29 is 4.92 Å². The summed E-state index contributed by atoms with van der Waals surface area (Å²) in [6.07, 6.45) is 0. The lowest BCUT2D eigenvalue weighted by atomic mass is 10.1. The fourth-order valence-electron chi connectivity index (χ4n) is 2.10. The standard InChI is InChI=1S/C16H17BrN2O2/c1-11-3-4-13(9-16(11)19(20)21)10-18-12(2)14-5-7-15(17)8-6-14/h3-9,12,18H,10H2,1-2H3/t12-/m1/s1. The summed E-state index contributed by atoms with van der Waals surface area (Å²) in [5, 5.41) is 14.3. The summed E-state index contributed by atoms with van der Waals surface area (Å²) in [4.78, 5) is 10.6. The highest BCUT2D eigenvalue weighted by molar-refractivity contribution is 9.10. The molecule has 0 unspecified atom stereocenters. The zero-order valence-corrected chi connectivity index (χ0v) is 13.6. The predicted molar refractivity (Wildman–Crippen MR) is 87.2 cm³/mol. The van der Waals surface area contributed by atoms with Gasteiger partial charge in [0, 0.05) is 28.7 Å². The molecule has 0 aromatic heterocycles. The number of nitro benzene ring substituents is 1. The van der Waals surface area contributed by atoms with Crippen LogP contribution in [-0.2, 0) is 6.54 Å². The second-order valence-corrected chi connectivity index (χ2v) is 5.95. The van der Waals surface area contributed by atoms with Gasteiger partial charge in [-0.15, -0.1) is 0 Å². The monoisotopic (exact) mass is 348 g/mol. The minimum Gasteiger partial charge on any atom is -0.306 e. The molecule has 4 nitrogen and oxygen atoms in total. The van der Waals surface area contributed by atoms with Crippen LogP contribution in [0.1, 0.15) is 29.7 Å². The number of nitrogens with zero attached hydrogens (tertiary/aromatic N) is 1. The van der Waals surface area contributed by atoms with Gasteiger partial charge in [-0.1, -0.05) is 40.2 Å². The summed E-state index contributed by atoms with van der Waals surface area (Å²) in [7, 11) is 0. The van der Waals surface area contributed by atoms with Crippen LogP contribution in [0.5, 0.6) is 0 Å². The van der Waals surface area contributed by atoms with Gasteiger partial charge in [-0.05, 0) is 37.1 Å². The molecule has 2 aromatic rings. The van der Waals surface area contributed by atoms with Crippen LogP contribution in [0.25, 0.3) is 0 Å². The van der Waals surface area contributed by atoms with E-state index in [1.807, 2.05) is 18.2 Å². The van der Waals surface area contributed by atoms with Crippen LogP contribution in [-0.4, -0.2) is 4.92 Å². The zero-order valence-electron chi connectivity index (χ0n) is 12.0. The number of rotatable bonds is 5. The highest BCUT2D eigenvalue weighted by Crippen LogP contribution is 2.20. The molecule has 0 spiro atoms. The van der Waals surface area contributed by atoms with Crippen molar-refractivity contribution in [1.82, 2.24) is 5.32 Å². The third-order valence-corrected chi connectivity index (χ3v) is 3.98. The molecule has 21 heavy (non-hydrogen) atoms. The predicted octanol–water partition coefficient (Wildman–Crippen LogP) is 4.52. The molecule has 0 saturated carbocycles. The average molecular weight is 349 g/mol. The quantitative estimate of drug-likeness (QED) is 0.638. The van der Waals surface area contributed by atoms with E-state index in [0.29, 0.717) is 12.1 Å². The van der Waals surface area contributed by atoms with E-state index in [1.54, 1.807) is 19.1 Å². The summed E-state index contributed by atoms with van der Waals surface area (Å²) in [6.45, 7) is 4.42. The summed E-state index contributed by atoms with van der Waals surface area (Å²) in [5.74, 6) is 0. The van der Waals surface area contributed by atoms with E-state index in [2.05, 4.69) is 40.3 Å². The number of nitro groups is 1. The van der Waals surface area contributed by atoms with Gasteiger partial charge in [0.05, 0.1) is 4.92 Å². The average Bonchev–Trinajstić information content (AvgIpc) is 2.46. The zero-order chi connectivity index (χ0) is 15.4. The molecule has 110 valence electrons. The van der Waals surface area contributed by atoms with Crippen LogP contribution in [0, 0.1) is 17.0 Å². The lowest BCUT2D eigenvalue weighted by Crippen LogP contribution is -2.18. The molecule has 0 aliphatic heterocycles. The third kappa shape index (κ3) is 4.12. The number of hydrogen-bond donors (Lipinski definition) is 1. The van der Waals surface area contributed by atoms with Gasteiger partial charge in [0.15, 0.2) is 0 Å². The summed E-state index contributed by atoms with van der Waals surface area (Å²) >= 11 is 3.41. The Hall–Kier alpha value is -1.72. The molecular weight excluding hydrogens is 332 g/mol. The van der Waals surface area contributed by atoms with E-state index in [0.717, 1.165) is 10.0 Å². The van der Waals surface area contributed by atoms with Gasteiger partial charge >= 0.3 is 0 Å². The van der Waals surface area contributed by atoms with Crippen LogP contribution >= 0.6 is 15.9 Å². The number of halogens is 1. The van der Waals surface area contributed by atoms with Gasteiger partial charge in [0.1, 0.15) is 0 Å². The van der Waals surface area contributed by atoms with Gasteiger partial charge < -0.3 is 5.32 Å². The van der Waals surface area contributed by atoms with Crippen molar-refractivity contribution in [3.8, 4) is 0 Å². The molecule has 2 aromatic carbocycles. The van der Waals surface area contributed by atoms with E-state index in [-0.39, 0.29) is 16.7 Å². The van der Waals surface area contributed by atoms with Crippen LogP contribution in [0.15, 0.2) is 46.9 Å². The molecule has 1 atom stereocenters. The SMILES string of the molecule is Cc1ccc(CN[C@H](C)c2ccc(Br)cc2)cc1[N+](=O)[O-]. The Balaban J connectivity index is 2.04. The Labute approximate surface area is 132 Å². The fourth-order valence-corrected chi connectivity index (χ4v) is 2.37. The van der Waals surface area contributed by atoms with Crippen LogP contribution in [0.2, 0.25) is 0 Å². The first kappa shape index (κ1) is 15.7. The van der Waals surface area contributed by atoms with Crippen molar-refractivity contribution >= 4 is 21.6 Å². The normalized spacial score (nSPS) is 12.1. The molecule has 0 fully saturated rings. The molecule has 0 radical (unpaired) electrons. The lowest BCUT2D eigenvalue weighted by molar-refractivity contribution is -0.385. The molecule has 0 aliphatic rings. The van der Waals surface area contributed by atoms with Gasteiger partial charge in [-0.2, -0.15) is 0 Å². The maximum atomic E-state index is 10.9. The molecule has 0 amide bonds. The van der Waals surface area contributed by atoms with E-state index >= 15 is 0 Å². The summed E-state index contributed by atoms with van der Waals surface area (Å²) < 4.78 is 1.05. The Morgan fingerprint density at radius 2 is 1.90 bits per heavy atom. The highest BCUT2D eigenvalue weighted by Gasteiger charge is 2.11. The molecule has 1 N–H and O–H groups in total. The van der Waals surface area contributed by atoms with E-state index in [9.17, 15) is 10.1 Å². The maximum Gasteiger partial charge on any atom is 0.272 e. The molecule has 5 heteroatoms. The van der Waals surface area contributed by atoms with Crippen molar-refractivity contribution in [2.24, 2.45) is 0 Å². The largest absolute Gasteiger partial charge is 0.306 e. The van der Waals surface area contributed by atoms with Crippen LogP contribution in [0.3, 0.4) is 0 Å². The van der Waals surface area contributed by atoms with Crippen molar-refractivity contribution in [2.45, 2.75) is 26.4 Å². The Kier molecular flexibility index (Phi) is 5.09. The van der Waals surface area contributed by atoms with E-state index < -0.39 is 0 Å². The second-order valence-electron chi connectivity index (χ2n) is 5.03. The molecular formula is C16H17BrN2O2. The van der Waals surface area contributed by atoms with Gasteiger partial charge in [0.25, 0.3) is 5.69 Å². The molecule has 0 bridgehead atoms. The van der Waals surface area contributed by atoms with Gasteiger partial charge in [-0.25, -0.2) is 0 Å². The van der Waals surface area contributed by atoms with Crippen molar-refractivity contribution in [3.05, 3.63) is 73.7 Å². The highest BCUT2D eigenvalue weighted by atomic mass is 79.9.